The first kappa shape index (κ1) is 14.7. The van der Waals surface area contributed by atoms with Crippen LogP contribution in [0.4, 0.5) is 0 Å². The van der Waals surface area contributed by atoms with Gasteiger partial charge in [-0.2, -0.15) is 0 Å². The Labute approximate surface area is 123 Å². The highest BCUT2D eigenvalue weighted by Gasteiger charge is 2.12. The van der Waals surface area contributed by atoms with E-state index in [-0.39, 0.29) is 12.4 Å². The summed E-state index contributed by atoms with van der Waals surface area (Å²) in [4.78, 5) is 16.4. The summed E-state index contributed by atoms with van der Waals surface area (Å²) in [6.07, 6.45) is 0.219. The van der Waals surface area contributed by atoms with Gasteiger partial charge in [-0.05, 0) is 31.0 Å². The van der Waals surface area contributed by atoms with Crippen LogP contribution in [0.25, 0.3) is 0 Å². The van der Waals surface area contributed by atoms with Crippen molar-refractivity contribution in [3.05, 3.63) is 45.4 Å². The van der Waals surface area contributed by atoms with Gasteiger partial charge in [0.1, 0.15) is 5.75 Å². The van der Waals surface area contributed by atoms with Crippen LogP contribution in [0.5, 0.6) is 5.75 Å². The van der Waals surface area contributed by atoms with Gasteiger partial charge in [0.25, 0.3) is 0 Å². The van der Waals surface area contributed by atoms with Crippen molar-refractivity contribution in [3.63, 3.8) is 0 Å². The molecule has 106 valence electrons. The summed E-state index contributed by atoms with van der Waals surface area (Å²) in [7, 11) is 0. The van der Waals surface area contributed by atoms with E-state index in [1.165, 1.54) is 0 Å². The van der Waals surface area contributed by atoms with E-state index >= 15 is 0 Å². The largest absolute Gasteiger partial charge is 0.426 e. The third kappa shape index (κ3) is 3.45. The molecule has 1 aromatic carbocycles. The molecule has 0 amide bonds. The van der Waals surface area contributed by atoms with Gasteiger partial charge in [0.15, 0.2) is 0 Å². The molecule has 3 nitrogen and oxygen atoms in total. The van der Waals surface area contributed by atoms with Gasteiger partial charge in [-0.25, -0.2) is 4.98 Å². The molecule has 0 atom stereocenters. The Morgan fingerprint density at radius 3 is 2.75 bits per heavy atom. The van der Waals surface area contributed by atoms with Crippen LogP contribution in [0.2, 0.25) is 0 Å². The van der Waals surface area contributed by atoms with E-state index in [0.29, 0.717) is 11.7 Å². The number of hydrogen-bond acceptors (Lipinski definition) is 4. The molecule has 0 radical (unpaired) electrons. The minimum absolute atomic E-state index is 0.219. The quantitative estimate of drug-likeness (QED) is 0.630. The fourth-order valence-electron chi connectivity index (χ4n) is 1.81. The smallest absolute Gasteiger partial charge is 0.317 e. The Hall–Kier alpha value is -1.68. The lowest BCUT2D eigenvalue weighted by atomic mass is 10.1. The number of benzene rings is 1. The topological polar surface area (TPSA) is 39.2 Å². The molecule has 0 aliphatic rings. The summed E-state index contributed by atoms with van der Waals surface area (Å²) in [5.41, 5.74) is 2.90. The molecule has 0 fully saturated rings. The fourth-order valence-corrected chi connectivity index (χ4v) is 2.65. The number of carbonyl (C=O) groups is 1. The first-order valence-corrected chi connectivity index (χ1v) is 7.56. The number of carbonyl (C=O) groups excluding carboxylic acids is 1. The van der Waals surface area contributed by atoms with Crippen LogP contribution in [0.15, 0.2) is 23.6 Å². The van der Waals surface area contributed by atoms with Gasteiger partial charge in [0.2, 0.25) is 0 Å². The molecule has 2 aromatic rings. The van der Waals surface area contributed by atoms with Crippen molar-refractivity contribution in [3.8, 4) is 5.75 Å². The minimum Gasteiger partial charge on any atom is -0.426 e. The SMILES string of the molecule is Cc1cccc(OC(=O)Cc2csc(C(C)C)n2)c1C. The zero-order valence-corrected chi connectivity index (χ0v) is 13.1. The second kappa shape index (κ2) is 6.18. The van der Waals surface area contributed by atoms with Gasteiger partial charge in [-0.1, -0.05) is 26.0 Å². The van der Waals surface area contributed by atoms with E-state index in [9.17, 15) is 4.79 Å². The molecule has 4 heteroatoms. The number of nitrogens with zero attached hydrogens (tertiary/aromatic N) is 1. The van der Waals surface area contributed by atoms with Crippen LogP contribution >= 0.6 is 11.3 Å². The van der Waals surface area contributed by atoms with E-state index in [1.807, 2.05) is 37.4 Å². The first-order chi connectivity index (χ1) is 9.47. The van der Waals surface area contributed by atoms with Crippen LogP contribution in [0.3, 0.4) is 0 Å². The second-order valence-corrected chi connectivity index (χ2v) is 6.07. The van der Waals surface area contributed by atoms with Crippen molar-refractivity contribution in [1.29, 1.82) is 0 Å². The van der Waals surface area contributed by atoms with E-state index < -0.39 is 0 Å². The second-order valence-electron chi connectivity index (χ2n) is 5.18. The van der Waals surface area contributed by atoms with Crippen molar-refractivity contribution in [2.75, 3.05) is 0 Å². The maximum absolute atomic E-state index is 12.0. The lowest BCUT2D eigenvalue weighted by molar-refractivity contribution is -0.133. The molecule has 0 saturated carbocycles. The van der Waals surface area contributed by atoms with Crippen molar-refractivity contribution in [2.24, 2.45) is 0 Å². The van der Waals surface area contributed by atoms with E-state index in [4.69, 9.17) is 4.74 Å². The van der Waals surface area contributed by atoms with E-state index in [2.05, 4.69) is 18.8 Å². The van der Waals surface area contributed by atoms with Gasteiger partial charge >= 0.3 is 5.97 Å². The average molecular weight is 289 g/mol. The monoisotopic (exact) mass is 289 g/mol. The van der Waals surface area contributed by atoms with Gasteiger partial charge < -0.3 is 4.74 Å². The van der Waals surface area contributed by atoms with Crippen molar-refractivity contribution < 1.29 is 9.53 Å². The number of esters is 1. The molecule has 0 unspecified atom stereocenters. The normalized spacial score (nSPS) is 10.8. The number of aryl methyl sites for hydroxylation is 1. The number of rotatable bonds is 4. The zero-order chi connectivity index (χ0) is 14.7. The van der Waals surface area contributed by atoms with Crippen molar-refractivity contribution >= 4 is 17.3 Å². The molecular weight excluding hydrogens is 270 g/mol. The molecule has 0 aliphatic heterocycles. The third-order valence-corrected chi connectivity index (χ3v) is 4.36. The van der Waals surface area contributed by atoms with E-state index in [0.717, 1.165) is 21.8 Å². The number of aromatic nitrogens is 1. The molecule has 0 N–H and O–H groups in total. The Balaban J connectivity index is 2.03. The highest BCUT2D eigenvalue weighted by molar-refractivity contribution is 7.09. The predicted molar refractivity (Wildman–Crippen MR) is 81.5 cm³/mol. The first-order valence-electron chi connectivity index (χ1n) is 6.68. The van der Waals surface area contributed by atoms with Gasteiger partial charge in [-0.15, -0.1) is 11.3 Å². The van der Waals surface area contributed by atoms with Crippen LogP contribution in [0.1, 0.15) is 41.6 Å². The molecular formula is C16H19NO2S. The standard InChI is InChI=1S/C16H19NO2S/c1-10(2)16-17-13(9-20-16)8-15(18)19-14-7-5-6-11(3)12(14)4/h5-7,9-10H,8H2,1-4H3. The Morgan fingerprint density at radius 1 is 1.35 bits per heavy atom. The van der Waals surface area contributed by atoms with Gasteiger partial charge in [-0.3, -0.25) is 4.79 Å². The maximum Gasteiger partial charge on any atom is 0.317 e. The number of ether oxygens (including phenoxy) is 1. The molecule has 2 rings (SSSR count). The van der Waals surface area contributed by atoms with Gasteiger partial charge in [0, 0.05) is 11.3 Å². The highest BCUT2D eigenvalue weighted by Crippen LogP contribution is 2.22. The third-order valence-electron chi connectivity index (χ3n) is 3.17. The molecule has 20 heavy (non-hydrogen) atoms. The minimum atomic E-state index is -0.265. The fraction of sp³-hybridized carbons (Fsp3) is 0.375. The Bertz CT molecular complexity index is 617. The summed E-state index contributed by atoms with van der Waals surface area (Å²) in [5, 5.41) is 2.99. The molecule has 0 bridgehead atoms. The summed E-state index contributed by atoms with van der Waals surface area (Å²) >= 11 is 1.59. The Morgan fingerprint density at radius 2 is 2.10 bits per heavy atom. The van der Waals surface area contributed by atoms with Crippen molar-refractivity contribution in [2.45, 2.75) is 40.0 Å². The summed E-state index contributed by atoms with van der Waals surface area (Å²) in [5.74, 6) is 0.761. The highest BCUT2D eigenvalue weighted by atomic mass is 32.1. The zero-order valence-electron chi connectivity index (χ0n) is 12.3. The predicted octanol–water partition coefficient (Wildman–Crippen LogP) is 4.03. The number of thiazole rings is 1. The molecule has 0 saturated heterocycles. The number of hydrogen-bond donors (Lipinski definition) is 0. The average Bonchev–Trinajstić information content (AvgIpc) is 2.83. The summed E-state index contributed by atoms with van der Waals surface area (Å²) < 4.78 is 5.43. The van der Waals surface area contributed by atoms with Crippen LogP contribution in [-0.2, 0) is 11.2 Å². The summed E-state index contributed by atoms with van der Waals surface area (Å²) in [6.45, 7) is 8.15. The molecule has 1 heterocycles. The maximum atomic E-state index is 12.0. The molecule has 0 spiro atoms. The van der Waals surface area contributed by atoms with Crippen LogP contribution < -0.4 is 4.74 Å². The van der Waals surface area contributed by atoms with Gasteiger partial charge in [0.05, 0.1) is 17.1 Å². The molecule has 0 aliphatic carbocycles. The Kier molecular flexibility index (Phi) is 4.55. The lowest BCUT2D eigenvalue weighted by Gasteiger charge is -2.08. The summed E-state index contributed by atoms with van der Waals surface area (Å²) in [6, 6.07) is 5.72. The molecule has 1 aromatic heterocycles. The van der Waals surface area contributed by atoms with Crippen molar-refractivity contribution in [1.82, 2.24) is 4.98 Å². The lowest BCUT2D eigenvalue weighted by Crippen LogP contribution is -2.12. The van der Waals surface area contributed by atoms with Crippen LogP contribution in [0, 0.1) is 13.8 Å². The van der Waals surface area contributed by atoms with Crippen LogP contribution in [-0.4, -0.2) is 11.0 Å². The van der Waals surface area contributed by atoms with E-state index in [1.54, 1.807) is 11.3 Å².